The average molecular weight is 343 g/mol. The van der Waals surface area contributed by atoms with Crippen molar-refractivity contribution in [1.29, 1.82) is 0 Å². The van der Waals surface area contributed by atoms with Crippen LogP contribution >= 0.6 is 0 Å². The van der Waals surface area contributed by atoms with Gasteiger partial charge in [0.05, 0.1) is 26.1 Å². The highest BCUT2D eigenvalue weighted by Gasteiger charge is 2.10. The van der Waals surface area contributed by atoms with Gasteiger partial charge in [0.1, 0.15) is 5.75 Å². The van der Waals surface area contributed by atoms with Gasteiger partial charge in [0.15, 0.2) is 18.1 Å². The highest BCUT2D eigenvalue weighted by atomic mass is 16.5. The fourth-order valence-corrected chi connectivity index (χ4v) is 2.10. The summed E-state index contributed by atoms with van der Waals surface area (Å²) >= 11 is 0. The molecule has 0 bridgehead atoms. The standard InChI is InChI=1S/C18H21N3O4/c1-19-20-11-13-8-9-16(17(10-13)24-3)25-12-18(22)21-14-6-4-5-7-15(14)23-2/h4-11,19H,12H2,1-3H3,(H,21,22)/b20-11+. The van der Waals surface area contributed by atoms with E-state index in [2.05, 4.69) is 15.8 Å². The lowest BCUT2D eigenvalue weighted by atomic mass is 10.2. The number of para-hydroxylation sites is 2. The van der Waals surface area contributed by atoms with Crippen LogP contribution in [0.2, 0.25) is 0 Å². The fourth-order valence-electron chi connectivity index (χ4n) is 2.10. The maximum atomic E-state index is 12.1. The zero-order valence-corrected chi connectivity index (χ0v) is 14.4. The van der Waals surface area contributed by atoms with E-state index >= 15 is 0 Å². The number of carbonyl (C=O) groups excluding carboxylic acids is 1. The number of hydrogen-bond donors (Lipinski definition) is 2. The van der Waals surface area contributed by atoms with E-state index < -0.39 is 0 Å². The first-order chi connectivity index (χ1) is 12.2. The van der Waals surface area contributed by atoms with Crippen LogP contribution in [-0.4, -0.2) is 40.0 Å². The molecule has 0 heterocycles. The van der Waals surface area contributed by atoms with E-state index in [1.807, 2.05) is 18.2 Å². The topological polar surface area (TPSA) is 81.2 Å². The largest absolute Gasteiger partial charge is 0.495 e. The number of benzene rings is 2. The molecular weight excluding hydrogens is 322 g/mol. The van der Waals surface area contributed by atoms with Crippen LogP contribution in [0.4, 0.5) is 5.69 Å². The van der Waals surface area contributed by atoms with E-state index in [1.54, 1.807) is 44.6 Å². The van der Waals surface area contributed by atoms with E-state index in [0.29, 0.717) is 22.9 Å². The summed E-state index contributed by atoms with van der Waals surface area (Å²) in [6.45, 7) is -0.154. The van der Waals surface area contributed by atoms with Crippen molar-refractivity contribution in [3.05, 3.63) is 48.0 Å². The molecule has 7 heteroatoms. The number of amides is 1. The third kappa shape index (κ3) is 5.13. The van der Waals surface area contributed by atoms with Gasteiger partial charge in [0.25, 0.3) is 5.91 Å². The summed E-state index contributed by atoms with van der Waals surface area (Å²) in [5.74, 6) is 1.28. The SMILES string of the molecule is CN/N=C/c1ccc(OCC(=O)Nc2ccccc2OC)c(OC)c1. The summed E-state index contributed by atoms with van der Waals surface area (Å²) in [5.41, 5.74) is 4.11. The molecule has 0 saturated heterocycles. The summed E-state index contributed by atoms with van der Waals surface area (Å²) in [5, 5.41) is 6.69. The van der Waals surface area contributed by atoms with Gasteiger partial charge in [0.2, 0.25) is 0 Å². The minimum atomic E-state index is -0.299. The first kappa shape index (κ1) is 18.1. The molecule has 2 rings (SSSR count). The number of ether oxygens (including phenoxy) is 3. The zero-order valence-electron chi connectivity index (χ0n) is 14.4. The van der Waals surface area contributed by atoms with E-state index in [9.17, 15) is 4.79 Å². The van der Waals surface area contributed by atoms with E-state index in [-0.39, 0.29) is 12.5 Å². The molecule has 0 spiro atoms. The summed E-state index contributed by atoms with van der Waals surface area (Å²) < 4.78 is 16.0. The molecule has 0 saturated carbocycles. The average Bonchev–Trinajstić information content (AvgIpc) is 2.65. The first-order valence-electron chi connectivity index (χ1n) is 7.61. The van der Waals surface area contributed by atoms with Gasteiger partial charge in [-0.05, 0) is 35.9 Å². The molecule has 7 nitrogen and oxygen atoms in total. The van der Waals surface area contributed by atoms with Crippen molar-refractivity contribution in [2.24, 2.45) is 5.10 Å². The predicted octanol–water partition coefficient (Wildman–Crippen LogP) is 2.27. The van der Waals surface area contributed by atoms with Crippen molar-refractivity contribution in [2.45, 2.75) is 0 Å². The van der Waals surface area contributed by atoms with E-state index in [0.717, 1.165) is 5.56 Å². The monoisotopic (exact) mass is 343 g/mol. The van der Waals surface area contributed by atoms with Crippen molar-refractivity contribution in [1.82, 2.24) is 5.43 Å². The molecule has 0 unspecified atom stereocenters. The predicted molar refractivity (Wildman–Crippen MR) is 96.8 cm³/mol. The number of nitrogens with zero attached hydrogens (tertiary/aromatic N) is 1. The highest BCUT2D eigenvalue weighted by molar-refractivity contribution is 5.93. The van der Waals surface area contributed by atoms with Crippen molar-refractivity contribution in [3.8, 4) is 17.2 Å². The number of nitrogens with one attached hydrogen (secondary N) is 2. The number of hydrazone groups is 1. The number of methoxy groups -OCH3 is 2. The highest BCUT2D eigenvalue weighted by Crippen LogP contribution is 2.28. The third-order valence-corrected chi connectivity index (χ3v) is 3.27. The van der Waals surface area contributed by atoms with Gasteiger partial charge in [-0.3, -0.25) is 4.79 Å². The van der Waals surface area contributed by atoms with Crippen LogP contribution in [0.5, 0.6) is 17.2 Å². The van der Waals surface area contributed by atoms with Gasteiger partial charge >= 0.3 is 0 Å². The fraction of sp³-hybridized carbons (Fsp3) is 0.222. The Morgan fingerprint density at radius 3 is 2.56 bits per heavy atom. The summed E-state index contributed by atoms with van der Waals surface area (Å²) in [7, 11) is 4.80. The second-order valence-corrected chi connectivity index (χ2v) is 4.93. The lowest BCUT2D eigenvalue weighted by Crippen LogP contribution is -2.20. The second kappa shape index (κ2) is 9.17. The molecule has 0 aromatic heterocycles. The Bertz CT molecular complexity index is 747. The molecule has 2 aromatic rings. The lowest BCUT2D eigenvalue weighted by Gasteiger charge is -2.12. The van der Waals surface area contributed by atoms with Crippen molar-refractivity contribution >= 4 is 17.8 Å². The Morgan fingerprint density at radius 1 is 1.08 bits per heavy atom. The summed E-state index contributed by atoms with van der Waals surface area (Å²) in [4.78, 5) is 12.1. The summed E-state index contributed by atoms with van der Waals surface area (Å²) in [6, 6.07) is 12.5. The third-order valence-electron chi connectivity index (χ3n) is 3.27. The number of carbonyl (C=O) groups is 1. The van der Waals surface area contributed by atoms with Crippen molar-refractivity contribution in [3.63, 3.8) is 0 Å². The van der Waals surface area contributed by atoms with Crippen LogP contribution in [0, 0.1) is 0 Å². The molecule has 132 valence electrons. The normalized spacial score (nSPS) is 10.4. The molecule has 0 aliphatic carbocycles. The van der Waals surface area contributed by atoms with Crippen LogP contribution in [-0.2, 0) is 4.79 Å². The zero-order chi connectivity index (χ0) is 18.1. The van der Waals surface area contributed by atoms with Crippen LogP contribution in [0.3, 0.4) is 0 Å². The molecule has 0 aliphatic rings. The smallest absolute Gasteiger partial charge is 0.262 e. The minimum absolute atomic E-state index is 0.154. The van der Waals surface area contributed by atoms with Gasteiger partial charge in [-0.15, -0.1) is 0 Å². The second-order valence-electron chi connectivity index (χ2n) is 4.93. The molecule has 2 aromatic carbocycles. The van der Waals surface area contributed by atoms with E-state index in [4.69, 9.17) is 14.2 Å². The Balaban J connectivity index is 2.00. The van der Waals surface area contributed by atoms with Crippen molar-refractivity contribution in [2.75, 3.05) is 33.2 Å². The summed E-state index contributed by atoms with van der Waals surface area (Å²) in [6.07, 6.45) is 1.65. The minimum Gasteiger partial charge on any atom is -0.495 e. The van der Waals surface area contributed by atoms with Gasteiger partial charge in [-0.1, -0.05) is 12.1 Å². The lowest BCUT2D eigenvalue weighted by molar-refractivity contribution is -0.118. The number of rotatable bonds is 8. The van der Waals surface area contributed by atoms with Crippen LogP contribution in [0.1, 0.15) is 5.56 Å². The maximum absolute atomic E-state index is 12.1. The van der Waals surface area contributed by atoms with Crippen LogP contribution < -0.4 is 25.0 Å². The van der Waals surface area contributed by atoms with Crippen LogP contribution in [0.15, 0.2) is 47.6 Å². The molecule has 0 radical (unpaired) electrons. The van der Waals surface area contributed by atoms with Gasteiger partial charge in [-0.25, -0.2) is 0 Å². The molecule has 0 fully saturated rings. The van der Waals surface area contributed by atoms with E-state index in [1.165, 1.54) is 7.11 Å². The number of hydrogen-bond acceptors (Lipinski definition) is 6. The van der Waals surface area contributed by atoms with Gasteiger partial charge < -0.3 is 25.0 Å². The van der Waals surface area contributed by atoms with Gasteiger partial charge in [0, 0.05) is 7.05 Å². The molecule has 0 aliphatic heterocycles. The maximum Gasteiger partial charge on any atom is 0.262 e. The Kier molecular flexibility index (Phi) is 6.65. The molecule has 0 atom stereocenters. The Labute approximate surface area is 146 Å². The molecule has 2 N–H and O–H groups in total. The molecular formula is C18H21N3O4. The number of anilines is 1. The Hall–Kier alpha value is -3.22. The van der Waals surface area contributed by atoms with Gasteiger partial charge in [-0.2, -0.15) is 5.10 Å². The quantitative estimate of drug-likeness (QED) is 0.568. The molecule has 25 heavy (non-hydrogen) atoms. The first-order valence-corrected chi connectivity index (χ1v) is 7.61. The Morgan fingerprint density at radius 2 is 1.84 bits per heavy atom. The molecule has 1 amide bonds. The van der Waals surface area contributed by atoms with Crippen molar-refractivity contribution < 1.29 is 19.0 Å². The van der Waals surface area contributed by atoms with Crippen LogP contribution in [0.25, 0.3) is 0 Å².